The summed E-state index contributed by atoms with van der Waals surface area (Å²) in [5, 5.41) is 19.8. The highest BCUT2D eigenvalue weighted by Gasteiger charge is 2.40. The molecule has 3 aromatic heterocycles. The van der Waals surface area contributed by atoms with Crippen LogP contribution in [0.5, 0.6) is 0 Å². The van der Waals surface area contributed by atoms with Crippen molar-refractivity contribution in [3.63, 3.8) is 0 Å². The van der Waals surface area contributed by atoms with Crippen LogP contribution in [0, 0.1) is 11.6 Å². The van der Waals surface area contributed by atoms with Crippen molar-refractivity contribution in [1.82, 2.24) is 29.5 Å². The molecule has 11 heteroatoms. The number of imidazole rings is 1. The van der Waals surface area contributed by atoms with Gasteiger partial charge in [-0.05, 0) is 13.0 Å². The summed E-state index contributed by atoms with van der Waals surface area (Å²) in [7, 11) is 0. The molecule has 8 nitrogen and oxygen atoms in total. The standard InChI is InChI=1S/C18H16F2N6O2S/c1-11(23-16(27)15-7-25-4-5-29-17(25)24-15)18(28,8-26-10-21-9-22-26)13-3-2-12(19)6-14(13)20/h2-7,9-11,28H,8H2,1H3,(H,23,27)/t11-,18-/m1/s1. The number of nitrogens with one attached hydrogen (secondary N) is 1. The molecule has 0 spiro atoms. The molecule has 3 heterocycles. The number of carbonyl (C=O) groups excluding carboxylic acids is 1. The average molecular weight is 418 g/mol. The fourth-order valence-corrected chi connectivity index (χ4v) is 3.78. The number of aliphatic hydroxyl groups is 1. The molecule has 1 amide bonds. The Hall–Kier alpha value is -3.18. The average Bonchev–Trinajstić information content (AvgIpc) is 3.38. The molecule has 29 heavy (non-hydrogen) atoms. The lowest BCUT2D eigenvalue weighted by atomic mass is 9.86. The van der Waals surface area contributed by atoms with Gasteiger partial charge in [0.2, 0.25) is 0 Å². The second-order valence-corrected chi connectivity index (χ2v) is 7.43. The first-order valence-electron chi connectivity index (χ1n) is 8.60. The summed E-state index contributed by atoms with van der Waals surface area (Å²) in [4.78, 5) is 21.3. The molecule has 0 saturated carbocycles. The van der Waals surface area contributed by atoms with Crippen LogP contribution in [0.3, 0.4) is 0 Å². The zero-order valence-corrected chi connectivity index (χ0v) is 16.0. The molecule has 0 aliphatic heterocycles. The third-order valence-electron chi connectivity index (χ3n) is 4.66. The van der Waals surface area contributed by atoms with Gasteiger partial charge in [-0.2, -0.15) is 5.10 Å². The molecule has 0 unspecified atom stereocenters. The SMILES string of the molecule is C[C@@H](NC(=O)c1cn2ccsc2n1)[C@](O)(Cn1cncn1)c1ccc(F)cc1F. The van der Waals surface area contributed by atoms with E-state index in [1.165, 1.54) is 35.6 Å². The predicted octanol–water partition coefficient (Wildman–Crippen LogP) is 1.97. The van der Waals surface area contributed by atoms with Crippen LogP contribution in [0.4, 0.5) is 8.78 Å². The summed E-state index contributed by atoms with van der Waals surface area (Å²) in [5.41, 5.74) is -1.95. The van der Waals surface area contributed by atoms with Crippen LogP contribution in [0.2, 0.25) is 0 Å². The van der Waals surface area contributed by atoms with Crippen LogP contribution in [0.15, 0.2) is 48.6 Å². The number of aromatic nitrogens is 5. The smallest absolute Gasteiger partial charge is 0.271 e. The maximum absolute atomic E-state index is 14.5. The molecule has 4 rings (SSSR count). The van der Waals surface area contributed by atoms with E-state index in [2.05, 4.69) is 20.4 Å². The predicted molar refractivity (Wildman–Crippen MR) is 100 cm³/mol. The van der Waals surface area contributed by atoms with E-state index in [1.54, 1.807) is 16.8 Å². The van der Waals surface area contributed by atoms with Gasteiger partial charge in [0, 0.05) is 29.4 Å². The molecule has 0 bridgehead atoms. The zero-order valence-electron chi connectivity index (χ0n) is 15.2. The van der Waals surface area contributed by atoms with Gasteiger partial charge < -0.3 is 10.4 Å². The summed E-state index contributed by atoms with van der Waals surface area (Å²) in [6.45, 7) is 1.31. The van der Waals surface area contributed by atoms with Crippen LogP contribution in [-0.2, 0) is 12.1 Å². The van der Waals surface area contributed by atoms with Crippen LogP contribution >= 0.6 is 11.3 Å². The minimum Gasteiger partial charge on any atom is -0.381 e. The van der Waals surface area contributed by atoms with Gasteiger partial charge in [0.05, 0.1) is 12.6 Å². The largest absolute Gasteiger partial charge is 0.381 e. The molecule has 0 fully saturated rings. The second kappa shape index (κ2) is 7.33. The number of amides is 1. The first-order valence-corrected chi connectivity index (χ1v) is 9.48. The normalized spacial score (nSPS) is 14.6. The number of nitrogens with zero attached hydrogens (tertiary/aromatic N) is 5. The van der Waals surface area contributed by atoms with Crippen LogP contribution in [0.25, 0.3) is 4.96 Å². The molecule has 0 saturated heterocycles. The van der Waals surface area contributed by atoms with Crippen molar-refractivity contribution in [3.05, 3.63) is 71.5 Å². The van der Waals surface area contributed by atoms with E-state index in [1.807, 2.05) is 5.38 Å². The molecular formula is C18H16F2N6O2S. The van der Waals surface area contributed by atoms with Crippen LogP contribution in [-0.4, -0.2) is 41.2 Å². The quantitative estimate of drug-likeness (QED) is 0.499. The third-order valence-corrected chi connectivity index (χ3v) is 5.43. The first-order chi connectivity index (χ1) is 13.9. The van der Waals surface area contributed by atoms with Crippen molar-refractivity contribution >= 4 is 22.2 Å². The Bertz CT molecular complexity index is 1130. The minimum absolute atomic E-state index is 0.159. The van der Waals surface area contributed by atoms with E-state index >= 15 is 0 Å². The highest BCUT2D eigenvalue weighted by Crippen LogP contribution is 2.30. The molecule has 0 aliphatic carbocycles. The van der Waals surface area contributed by atoms with E-state index in [9.17, 15) is 18.7 Å². The fraction of sp³-hybridized carbons (Fsp3) is 0.222. The van der Waals surface area contributed by atoms with Crippen molar-refractivity contribution in [1.29, 1.82) is 0 Å². The number of hydrogen-bond donors (Lipinski definition) is 2. The van der Waals surface area contributed by atoms with Gasteiger partial charge in [0.1, 0.15) is 35.6 Å². The van der Waals surface area contributed by atoms with Crippen molar-refractivity contribution in [2.24, 2.45) is 0 Å². The Morgan fingerprint density at radius 2 is 2.24 bits per heavy atom. The Morgan fingerprint density at radius 1 is 1.41 bits per heavy atom. The van der Waals surface area contributed by atoms with Gasteiger partial charge in [-0.25, -0.2) is 23.4 Å². The highest BCUT2D eigenvalue weighted by atomic mass is 32.1. The Morgan fingerprint density at radius 3 is 2.93 bits per heavy atom. The van der Waals surface area contributed by atoms with Crippen molar-refractivity contribution in [2.75, 3.05) is 0 Å². The topological polar surface area (TPSA) is 97.3 Å². The molecule has 2 atom stereocenters. The maximum Gasteiger partial charge on any atom is 0.271 e. The van der Waals surface area contributed by atoms with E-state index < -0.39 is 29.2 Å². The molecule has 4 aromatic rings. The van der Waals surface area contributed by atoms with Gasteiger partial charge in [0.15, 0.2) is 4.96 Å². The lowest BCUT2D eigenvalue weighted by molar-refractivity contribution is -0.0186. The van der Waals surface area contributed by atoms with Crippen molar-refractivity contribution in [2.45, 2.75) is 25.1 Å². The van der Waals surface area contributed by atoms with Crippen LogP contribution < -0.4 is 5.32 Å². The number of hydrogen-bond acceptors (Lipinski definition) is 6. The van der Waals surface area contributed by atoms with Gasteiger partial charge in [-0.15, -0.1) is 11.3 Å². The van der Waals surface area contributed by atoms with E-state index in [0.717, 1.165) is 12.1 Å². The number of thiazole rings is 1. The Balaban J connectivity index is 1.65. The number of benzene rings is 1. The number of halogens is 2. The number of fused-ring (bicyclic) bond motifs is 1. The van der Waals surface area contributed by atoms with Crippen molar-refractivity contribution in [3.8, 4) is 0 Å². The van der Waals surface area contributed by atoms with E-state index in [-0.39, 0.29) is 17.8 Å². The summed E-state index contributed by atoms with van der Waals surface area (Å²) in [6, 6.07) is 1.90. The fourth-order valence-electron chi connectivity index (χ4n) is 3.08. The second-order valence-electron chi connectivity index (χ2n) is 6.56. The molecular weight excluding hydrogens is 402 g/mol. The van der Waals surface area contributed by atoms with Gasteiger partial charge in [0.25, 0.3) is 5.91 Å². The van der Waals surface area contributed by atoms with E-state index in [0.29, 0.717) is 11.0 Å². The summed E-state index contributed by atoms with van der Waals surface area (Å²) >= 11 is 1.37. The highest BCUT2D eigenvalue weighted by molar-refractivity contribution is 7.15. The lowest BCUT2D eigenvalue weighted by Crippen LogP contribution is -2.52. The zero-order chi connectivity index (χ0) is 20.6. The maximum atomic E-state index is 14.5. The molecule has 150 valence electrons. The molecule has 0 aliphatic rings. The monoisotopic (exact) mass is 418 g/mol. The van der Waals surface area contributed by atoms with Gasteiger partial charge in [-0.1, -0.05) is 6.07 Å². The summed E-state index contributed by atoms with van der Waals surface area (Å²) in [6.07, 6.45) is 5.94. The van der Waals surface area contributed by atoms with Crippen LogP contribution in [0.1, 0.15) is 23.0 Å². The molecule has 0 radical (unpaired) electrons. The summed E-state index contributed by atoms with van der Waals surface area (Å²) in [5.74, 6) is -2.24. The Kier molecular flexibility index (Phi) is 4.84. The first kappa shape index (κ1) is 19.2. The van der Waals surface area contributed by atoms with Gasteiger partial charge >= 0.3 is 0 Å². The minimum atomic E-state index is -1.93. The summed E-state index contributed by atoms with van der Waals surface area (Å²) < 4.78 is 30.9. The van der Waals surface area contributed by atoms with E-state index in [4.69, 9.17) is 0 Å². The number of carbonyl (C=O) groups is 1. The lowest BCUT2D eigenvalue weighted by Gasteiger charge is -2.35. The molecule has 1 aromatic carbocycles. The Labute approximate surface area is 167 Å². The number of rotatable bonds is 6. The molecule has 2 N–H and O–H groups in total. The van der Waals surface area contributed by atoms with Gasteiger partial charge in [-0.3, -0.25) is 9.20 Å². The van der Waals surface area contributed by atoms with Crippen molar-refractivity contribution < 1.29 is 18.7 Å². The third kappa shape index (κ3) is 3.61.